The number of esters is 1. The summed E-state index contributed by atoms with van der Waals surface area (Å²) in [5, 5.41) is 4.53. The van der Waals surface area contributed by atoms with Gasteiger partial charge in [-0.2, -0.15) is 5.10 Å². The van der Waals surface area contributed by atoms with Crippen molar-refractivity contribution in [2.24, 2.45) is 0 Å². The first kappa shape index (κ1) is 21.9. The normalized spacial score (nSPS) is 17.2. The van der Waals surface area contributed by atoms with Gasteiger partial charge in [0, 0.05) is 24.2 Å². The van der Waals surface area contributed by atoms with E-state index in [1.807, 2.05) is 17.7 Å². The van der Waals surface area contributed by atoms with E-state index in [-0.39, 0.29) is 17.2 Å². The lowest BCUT2D eigenvalue weighted by molar-refractivity contribution is 0.0517. The second kappa shape index (κ2) is 8.73. The number of hydrogen-bond donors (Lipinski definition) is 0. The molecule has 2 rings (SSSR count). The Morgan fingerprint density at radius 3 is 2.41 bits per heavy atom. The van der Waals surface area contributed by atoms with Crippen LogP contribution in [0.25, 0.3) is 0 Å². The van der Waals surface area contributed by atoms with E-state index in [1.54, 1.807) is 11.2 Å². The number of sulfonamides is 1. The minimum Gasteiger partial charge on any atom is -0.461 e. The van der Waals surface area contributed by atoms with E-state index in [0.29, 0.717) is 44.7 Å². The maximum atomic E-state index is 12.4. The molecule has 0 bridgehead atoms. The van der Waals surface area contributed by atoms with Crippen LogP contribution in [0.3, 0.4) is 0 Å². The summed E-state index contributed by atoms with van der Waals surface area (Å²) in [7, 11) is -3.18. The molecule has 154 valence electrons. The van der Waals surface area contributed by atoms with Crippen LogP contribution in [0.2, 0.25) is 0 Å². The molecule has 0 aliphatic carbocycles. The molecule has 1 saturated heterocycles. The molecule has 0 N–H and O–H groups in total. The Morgan fingerprint density at radius 1 is 1.26 bits per heavy atom. The number of ether oxygens (including phenoxy) is 1. The van der Waals surface area contributed by atoms with Crippen LogP contribution in [-0.2, 0) is 20.2 Å². The minimum atomic E-state index is -3.18. The smallest absolute Gasteiger partial charge is 0.358 e. The molecule has 8 heteroatoms. The van der Waals surface area contributed by atoms with Crippen molar-refractivity contribution < 1.29 is 17.9 Å². The summed E-state index contributed by atoms with van der Waals surface area (Å²) in [6.07, 6.45) is 2.95. The maximum absolute atomic E-state index is 12.4. The van der Waals surface area contributed by atoms with E-state index < -0.39 is 16.0 Å². The molecule has 1 aromatic heterocycles. The second-order valence-electron chi connectivity index (χ2n) is 8.13. The summed E-state index contributed by atoms with van der Waals surface area (Å²) in [6.45, 7) is 11.3. The summed E-state index contributed by atoms with van der Waals surface area (Å²) >= 11 is 0. The van der Waals surface area contributed by atoms with Crippen LogP contribution < -0.4 is 0 Å². The van der Waals surface area contributed by atoms with Crippen LogP contribution in [0.1, 0.15) is 82.5 Å². The molecule has 0 saturated carbocycles. The first-order chi connectivity index (χ1) is 12.6. The fraction of sp³-hybridized carbons (Fsp3) is 0.789. The van der Waals surface area contributed by atoms with Crippen LogP contribution in [0.4, 0.5) is 0 Å². The highest BCUT2D eigenvalue weighted by Crippen LogP contribution is 2.31. The van der Waals surface area contributed by atoms with Crippen LogP contribution in [0.5, 0.6) is 0 Å². The predicted molar refractivity (Wildman–Crippen MR) is 105 cm³/mol. The molecule has 2 heterocycles. The van der Waals surface area contributed by atoms with Crippen molar-refractivity contribution in [1.82, 2.24) is 14.1 Å². The van der Waals surface area contributed by atoms with Gasteiger partial charge in [0.1, 0.15) is 0 Å². The highest BCUT2D eigenvalue weighted by atomic mass is 32.2. The molecular formula is C19H33N3O4S. The topological polar surface area (TPSA) is 81.5 Å². The van der Waals surface area contributed by atoms with Crippen LogP contribution in [0.15, 0.2) is 6.07 Å². The Balaban J connectivity index is 2.18. The number of carbonyl (C=O) groups excluding carboxylic acids is 1. The molecule has 1 fully saturated rings. The SMILES string of the molecule is CCCCS(=O)(=O)N1CCC(n2nc(C(=O)OCC)cc2C(C)(C)C)CC1. The number of carbonyl (C=O) groups is 1. The van der Waals surface area contributed by atoms with Crippen LogP contribution in [0, 0.1) is 0 Å². The van der Waals surface area contributed by atoms with E-state index in [1.165, 1.54) is 0 Å². The molecule has 7 nitrogen and oxygen atoms in total. The highest BCUT2D eigenvalue weighted by molar-refractivity contribution is 7.89. The molecule has 0 spiro atoms. The van der Waals surface area contributed by atoms with Crippen molar-refractivity contribution >= 4 is 16.0 Å². The molecule has 0 radical (unpaired) electrons. The average molecular weight is 400 g/mol. The van der Waals surface area contributed by atoms with E-state index in [9.17, 15) is 13.2 Å². The van der Waals surface area contributed by atoms with Gasteiger partial charge in [-0.1, -0.05) is 34.1 Å². The molecule has 0 aromatic carbocycles. The molecule has 0 unspecified atom stereocenters. The lowest BCUT2D eigenvalue weighted by Crippen LogP contribution is -2.41. The second-order valence-corrected chi connectivity index (χ2v) is 10.2. The van der Waals surface area contributed by atoms with Gasteiger partial charge >= 0.3 is 5.97 Å². The number of aromatic nitrogens is 2. The van der Waals surface area contributed by atoms with Gasteiger partial charge in [0.25, 0.3) is 0 Å². The fourth-order valence-electron chi connectivity index (χ4n) is 3.36. The van der Waals surface area contributed by atoms with Crippen molar-refractivity contribution in [1.29, 1.82) is 0 Å². The third-order valence-electron chi connectivity index (χ3n) is 4.91. The van der Waals surface area contributed by atoms with Gasteiger partial charge in [-0.25, -0.2) is 17.5 Å². The van der Waals surface area contributed by atoms with Crippen molar-refractivity contribution in [2.75, 3.05) is 25.4 Å². The minimum absolute atomic E-state index is 0.0834. The fourth-order valence-corrected chi connectivity index (χ4v) is 5.04. The Hall–Kier alpha value is -1.41. The zero-order valence-electron chi connectivity index (χ0n) is 17.2. The third-order valence-corrected chi connectivity index (χ3v) is 6.86. The zero-order chi connectivity index (χ0) is 20.2. The van der Waals surface area contributed by atoms with Gasteiger partial charge in [-0.05, 0) is 32.3 Å². The summed E-state index contributed by atoms with van der Waals surface area (Å²) in [4.78, 5) is 12.1. The number of hydrogen-bond acceptors (Lipinski definition) is 5. The average Bonchev–Trinajstić information content (AvgIpc) is 3.06. The summed E-state index contributed by atoms with van der Waals surface area (Å²) < 4.78 is 33.5. The van der Waals surface area contributed by atoms with Gasteiger partial charge in [0.05, 0.1) is 18.4 Å². The van der Waals surface area contributed by atoms with Gasteiger partial charge < -0.3 is 4.74 Å². The number of rotatable bonds is 7. The largest absolute Gasteiger partial charge is 0.461 e. The Labute approximate surface area is 163 Å². The van der Waals surface area contributed by atoms with Gasteiger partial charge in [0.15, 0.2) is 5.69 Å². The highest BCUT2D eigenvalue weighted by Gasteiger charge is 2.32. The van der Waals surface area contributed by atoms with Crippen molar-refractivity contribution in [3.8, 4) is 0 Å². The predicted octanol–water partition coefficient (Wildman–Crippen LogP) is 3.12. The van der Waals surface area contributed by atoms with E-state index in [4.69, 9.17) is 4.74 Å². The van der Waals surface area contributed by atoms with Gasteiger partial charge in [-0.3, -0.25) is 4.68 Å². The molecule has 1 aliphatic heterocycles. The summed E-state index contributed by atoms with van der Waals surface area (Å²) in [6, 6.07) is 1.89. The van der Waals surface area contributed by atoms with Crippen molar-refractivity contribution in [2.45, 2.75) is 71.8 Å². The molecule has 27 heavy (non-hydrogen) atoms. The molecule has 0 amide bonds. The van der Waals surface area contributed by atoms with Crippen LogP contribution in [-0.4, -0.2) is 53.9 Å². The Bertz CT molecular complexity index is 741. The van der Waals surface area contributed by atoms with Crippen molar-refractivity contribution in [3.05, 3.63) is 17.5 Å². The van der Waals surface area contributed by atoms with Gasteiger partial charge in [-0.15, -0.1) is 0 Å². The lowest BCUT2D eigenvalue weighted by Gasteiger charge is -2.33. The first-order valence-electron chi connectivity index (χ1n) is 9.85. The first-order valence-corrected chi connectivity index (χ1v) is 11.5. The third kappa shape index (κ3) is 5.31. The summed E-state index contributed by atoms with van der Waals surface area (Å²) in [5.41, 5.74) is 1.11. The number of piperidine rings is 1. The quantitative estimate of drug-likeness (QED) is 0.658. The monoisotopic (exact) mass is 399 g/mol. The Morgan fingerprint density at radius 2 is 1.89 bits per heavy atom. The maximum Gasteiger partial charge on any atom is 0.358 e. The molecular weight excluding hydrogens is 366 g/mol. The molecule has 1 aliphatic rings. The summed E-state index contributed by atoms with van der Waals surface area (Å²) in [5.74, 6) is -0.197. The van der Waals surface area contributed by atoms with Gasteiger partial charge in [0.2, 0.25) is 10.0 Å². The molecule has 1 aromatic rings. The van der Waals surface area contributed by atoms with Crippen LogP contribution >= 0.6 is 0 Å². The van der Waals surface area contributed by atoms with E-state index in [2.05, 4.69) is 25.9 Å². The van der Waals surface area contributed by atoms with E-state index >= 15 is 0 Å². The number of nitrogens with zero attached hydrogens (tertiary/aromatic N) is 3. The number of unbranched alkanes of at least 4 members (excludes halogenated alkanes) is 1. The Kier molecular flexibility index (Phi) is 7.08. The molecule has 0 atom stereocenters. The zero-order valence-corrected chi connectivity index (χ0v) is 18.0. The van der Waals surface area contributed by atoms with E-state index in [0.717, 1.165) is 12.1 Å². The standard InChI is InChI=1S/C19H33N3O4S/c1-6-8-13-27(24,25)21-11-9-15(10-12-21)22-17(19(3,4)5)14-16(20-22)18(23)26-7-2/h14-15H,6-13H2,1-5H3. The lowest BCUT2D eigenvalue weighted by atomic mass is 9.91. The van der Waals surface area contributed by atoms with Crippen molar-refractivity contribution in [3.63, 3.8) is 0 Å².